The molecule has 14 heavy (non-hydrogen) atoms. The van der Waals surface area contributed by atoms with Crippen LogP contribution in [0.5, 0.6) is 0 Å². The summed E-state index contributed by atoms with van der Waals surface area (Å²) in [4.78, 5) is 0. The normalized spacial score (nSPS) is 18.6. The number of rotatable bonds is 7. The van der Waals surface area contributed by atoms with Crippen LogP contribution in [0.1, 0.15) is 32.1 Å². The molecule has 3 heteroatoms. The number of aliphatic hydroxyl groups excluding tert-OH is 1. The largest absolute Gasteiger partial charge is 0.394 e. The van der Waals surface area contributed by atoms with Gasteiger partial charge >= 0.3 is 0 Å². The molecule has 0 unspecified atom stereocenters. The molecule has 0 spiro atoms. The molecule has 0 heterocycles. The Hall–Kier alpha value is -0.120. The van der Waals surface area contributed by atoms with Crippen molar-refractivity contribution in [3.05, 3.63) is 0 Å². The highest BCUT2D eigenvalue weighted by Crippen LogP contribution is 2.22. The lowest BCUT2D eigenvalue weighted by Crippen LogP contribution is -2.27. The SMILES string of the molecule is OCCOCCNCC1CCCCC1. The minimum absolute atomic E-state index is 0.128. The molecule has 84 valence electrons. The van der Waals surface area contributed by atoms with Crippen LogP contribution in [0.15, 0.2) is 0 Å². The van der Waals surface area contributed by atoms with Gasteiger partial charge in [0.05, 0.1) is 19.8 Å². The second-order valence-electron chi connectivity index (χ2n) is 4.04. The van der Waals surface area contributed by atoms with E-state index in [1.54, 1.807) is 0 Å². The summed E-state index contributed by atoms with van der Waals surface area (Å²) in [6, 6.07) is 0. The fourth-order valence-corrected chi connectivity index (χ4v) is 2.01. The van der Waals surface area contributed by atoms with Crippen LogP contribution >= 0.6 is 0 Å². The van der Waals surface area contributed by atoms with Crippen molar-refractivity contribution in [1.29, 1.82) is 0 Å². The van der Waals surface area contributed by atoms with E-state index in [1.807, 2.05) is 0 Å². The maximum Gasteiger partial charge on any atom is 0.0698 e. The van der Waals surface area contributed by atoms with Crippen LogP contribution < -0.4 is 5.32 Å². The molecule has 1 saturated carbocycles. The van der Waals surface area contributed by atoms with Gasteiger partial charge in [0.25, 0.3) is 0 Å². The molecular formula is C11H23NO2. The molecule has 0 aromatic heterocycles. The van der Waals surface area contributed by atoms with E-state index in [0.717, 1.165) is 19.0 Å². The van der Waals surface area contributed by atoms with Gasteiger partial charge in [-0.3, -0.25) is 0 Å². The Labute approximate surface area is 86.8 Å². The van der Waals surface area contributed by atoms with E-state index in [9.17, 15) is 0 Å². The first-order valence-electron chi connectivity index (χ1n) is 5.83. The highest BCUT2D eigenvalue weighted by atomic mass is 16.5. The molecule has 1 aliphatic carbocycles. The van der Waals surface area contributed by atoms with Crippen LogP contribution in [0.2, 0.25) is 0 Å². The third-order valence-corrected chi connectivity index (χ3v) is 2.82. The van der Waals surface area contributed by atoms with Crippen LogP contribution in [-0.4, -0.2) is 38.0 Å². The molecule has 0 aliphatic heterocycles. The Bertz CT molecular complexity index is 124. The minimum atomic E-state index is 0.128. The zero-order valence-corrected chi connectivity index (χ0v) is 9.00. The quantitative estimate of drug-likeness (QED) is 0.607. The fourth-order valence-electron chi connectivity index (χ4n) is 2.01. The summed E-state index contributed by atoms with van der Waals surface area (Å²) in [6.45, 7) is 3.36. The van der Waals surface area contributed by atoms with Crippen LogP contribution in [-0.2, 0) is 4.74 Å². The topological polar surface area (TPSA) is 41.5 Å². The fraction of sp³-hybridized carbons (Fsp3) is 1.00. The second kappa shape index (κ2) is 8.21. The number of aliphatic hydroxyl groups is 1. The lowest BCUT2D eigenvalue weighted by Gasteiger charge is -2.21. The predicted molar refractivity (Wildman–Crippen MR) is 57.3 cm³/mol. The van der Waals surface area contributed by atoms with E-state index in [1.165, 1.54) is 32.1 Å². The first-order chi connectivity index (χ1) is 6.93. The summed E-state index contributed by atoms with van der Waals surface area (Å²) < 4.78 is 5.16. The Morgan fingerprint density at radius 1 is 1.14 bits per heavy atom. The Morgan fingerprint density at radius 2 is 1.93 bits per heavy atom. The maximum atomic E-state index is 8.48. The van der Waals surface area contributed by atoms with Crippen LogP contribution in [0.25, 0.3) is 0 Å². The van der Waals surface area contributed by atoms with E-state index in [-0.39, 0.29) is 6.61 Å². The Kier molecular flexibility index (Phi) is 7.01. The number of hydrogen-bond donors (Lipinski definition) is 2. The van der Waals surface area contributed by atoms with E-state index < -0.39 is 0 Å². The van der Waals surface area contributed by atoms with Crippen molar-refractivity contribution >= 4 is 0 Å². The van der Waals surface area contributed by atoms with Gasteiger partial charge in [-0.15, -0.1) is 0 Å². The highest BCUT2D eigenvalue weighted by Gasteiger charge is 2.11. The third-order valence-electron chi connectivity index (χ3n) is 2.82. The summed E-state index contributed by atoms with van der Waals surface area (Å²) in [5, 5.41) is 11.9. The standard InChI is InChI=1S/C11H23NO2/c13-7-9-14-8-6-12-10-11-4-2-1-3-5-11/h11-13H,1-10H2. The van der Waals surface area contributed by atoms with Gasteiger partial charge in [0, 0.05) is 6.54 Å². The Morgan fingerprint density at radius 3 is 2.64 bits per heavy atom. The van der Waals surface area contributed by atoms with Crippen molar-refractivity contribution in [2.75, 3.05) is 32.9 Å². The van der Waals surface area contributed by atoms with Crippen molar-refractivity contribution in [3.8, 4) is 0 Å². The summed E-state index contributed by atoms with van der Waals surface area (Å²) >= 11 is 0. The Balaban J connectivity index is 1.82. The lowest BCUT2D eigenvalue weighted by atomic mass is 9.89. The summed E-state index contributed by atoms with van der Waals surface area (Å²) in [5.74, 6) is 0.890. The smallest absolute Gasteiger partial charge is 0.0698 e. The van der Waals surface area contributed by atoms with Gasteiger partial charge < -0.3 is 15.2 Å². The molecule has 3 nitrogen and oxygen atoms in total. The van der Waals surface area contributed by atoms with E-state index in [2.05, 4.69) is 5.32 Å². The maximum absolute atomic E-state index is 8.48. The lowest BCUT2D eigenvalue weighted by molar-refractivity contribution is 0.0932. The molecule has 2 N–H and O–H groups in total. The molecule has 1 fully saturated rings. The van der Waals surface area contributed by atoms with Gasteiger partial charge in [-0.05, 0) is 25.3 Å². The van der Waals surface area contributed by atoms with Crippen molar-refractivity contribution < 1.29 is 9.84 Å². The van der Waals surface area contributed by atoms with E-state index in [4.69, 9.17) is 9.84 Å². The zero-order valence-electron chi connectivity index (χ0n) is 9.00. The van der Waals surface area contributed by atoms with Crippen LogP contribution in [0, 0.1) is 5.92 Å². The van der Waals surface area contributed by atoms with Crippen LogP contribution in [0.4, 0.5) is 0 Å². The molecule has 1 rings (SSSR count). The molecule has 0 aromatic carbocycles. The van der Waals surface area contributed by atoms with Gasteiger partial charge in [0.15, 0.2) is 0 Å². The van der Waals surface area contributed by atoms with E-state index in [0.29, 0.717) is 13.2 Å². The molecule has 0 saturated heterocycles. The second-order valence-corrected chi connectivity index (χ2v) is 4.04. The number of hydrogen-bond acceptors (Lipinski definition) is 3. The van der Waals surface area contributed by atoms with E-state index >= 15 is 0 Å². The van der Waals surface area contributed by atoms with Crippen LogP contribution in [0.3, 0.4) is 0 Å². The van der Waals surface area contributed by atoms with Crippen molar-refractivity contribution in [1.82, 2.24) is 5.32 Å². The van der Waals surface area contributed by atoms with Crippen molar-refractivity contribution in [2.24, 2.45) is 5.92 Å². The molecule has 0 aromatic rings. The van der Waals surface area contributed by atoms with Crippen molar-refractivity contribution in [3.63, 3.8) is 0 Å². The third kappa shape index (κ3) is 5.58. The number of ether oxygens (including phenoxy) is 1. The van der Waals surface area contributed by atoms with Gasteiger partial charge in [-0.1, -0.05) is 19.3 Å². The molecular weight excluding hydrogens is 178 g/mol. The van der Waals surface area contributed by atoms with Gasteiger partial charge in [-0.2, -0.15) is 0 Å². The van der Waals surface area contributed by atoms with Gasteiger partial charge in [0.1, 0.15) is 0 Å². The summed E-state index contributed by atoms with van der Waals surface area (Å²) in [6.07, 6.45) is 7.03. The summed E-state index contributed by atoms with van der Waals surface area (Å²) in [7, 11) is 0. The molecule has 0 atom stereocenters. The first kappa shape index (κ1) is 12.0. The summed E-state index contributed by atoms with van der Waals surface area (Å²) in [5.41, 5.74) is 0. The number of nitrogens with one attached hydrogen (secondary N) is 1. The minimum Gasteiger partial charge on any atom is -0.394 e. The predicted octanol–water partition coefficient (Wildman–Crippen LogP) is 1.17. The average Bonchev–Trinajstić information content (AvgIpc) is 2.25. The highest BCUT2D eigenvalue weighted by molar-refractivity contribution is 4.67. The zero-order chi connectivity index (χ0) is 10.1. The van der Waals surface area contributed by atoms with Gasteiger partial charge in [-0.25, -0.2) is 0 Å². The monoisotopic (exact) mass is 201 g/mol. The molecule has 1 aliphatic rings. The molecule has 0 amide bonds. The first-order valence-corrected chi connectivity index (χ1v) is 5.83. The molecule has 0 bridgehead atoms. The average molecular weight is 201 g/mol. The van der Waals surface area contributed by atoms with Crippen molar-refractivity contribution in [2.45, 2.75) is 32.1 Å². The van der Waals surface area contributed by atoms with Gasteiger partial charge in [0.2, 0.25) is 0 Å². The molecule has 0 radical (unpaired) electrons.